The van der Waals surface area contributed by atoms with Crippen molar-refractivity contribution in [2.45, 2.75) is 44.2 Å². The molecule has 0 bridgehead atoms. The highest BCUT2D eigenvalue weighted by atomic mass is 16.5. The van der Waals surface area contributed by atoms with Crippen LogP contribution in [0.4, 0.5) is 5.69 Å². The average Bonchev–Trinajstić information content (AvgIpc) is 3.11. The van der Waals surface area contributed by atoms with Gasteiger partial charge in [0.1, 0.15) is 17.2 Å². The van der Waals surface area contributed by atoms with E-state index in [0.29, 0.717) is 17.1 Å². The van der Waals surface area contributed by atoms with Gasteiger partial charge in [0.15, 0.2) is 0 Å². The number of aromatic carboxylic acids is 1. The molecule has 1 aliphatic carbocycles. The topological polar surface area (TPSA) is 114 Å². The molecule has 8 heteroatoms. The highest BCUT2D eigenvalue weighted by molar-refractivity contribution is 6.01. The van der Waals surface area contributed by atoms with Gasteiger partial charge in [-0.3, -0.25) is 9.59 Å². The second-order valence-electron chi connectivity index (χ2n) is 11.8. The highest BCUT2D eigenvalue weighted by Gasteiger charge is 2.24. The van der Waals surface area contributed by atoms with E-state index in [1.807, 2.05) is 66.7 Å². The number of carbonyl (C=O) groups excluding carboxylic acids is 2. The first-order valence-corrected chi connectivity index (χ1v) is 16.0. The van der Waals surface area contributed by atoms with Crippen LogP contribution in [0.5, 0.6) is 17.2 Å². The number of hydrogen-bond acceptors (Lipinski definition) is 5. The van der Waals surface area contributed by atoms with E-state index >= 15 is 0 Å². The molecule has 0 aromatic heterocycles. The summed E-state index contributed by atoms with van der Waals surface area (Å²) in [6.07, 6.45) is 3.59. The largest absolute Gasteiger partial charge is 0.490 e. The van der Waals surface area contributed by atoms with Gasteiger partial charge in [-0.05, 0) is 103 Å². The van der Waals surface area contributed by atoms with E-state index in [2.05, 4.69) is 22.8 Å². The van der Waals surface area contributed by atoms with Crippen molar-refractivity contribution in [2.24, 2.45) is 0 Å². The van der Waals surface area contributed by atoms with Crippen LogP contribution in [-0.4, -0.2) is 35.0 Å². The van der Waals surface area contributed by atoms with Gasteiger partial charge >= 0.3 is 5.97 Å². The number of carboxylic acid groups (broad SMARTS) is 1. The van der Waals surface area contributed by atoms with Gasteiger partial charge in [0.05, 0.1) is 23.8 Å². The SMILES string of the molecule is O=C(Cc1ccc(Oc2ccc(OC3CCC(NC(=O)c4ccc(-c5ccccc5)cc4)CC3)cc2)cc1)Nc1ccccc1C(=O)O. The molecule has 0 atom stereocenters. The zero-order chi connectivity index (χ0) is 33.3. The quantitative estimate of drug-likeness (QED) is 0.134. The van der Waals surface area contributed by atoms with Crippen LogP contribution in [0.3, 0.4) is 0 Å². The van der Waals surface area contributed by atoms with E-state index in [1.54, 1.807) is 42.5 Å². The minimum Gasteiger partial charge on any atom is -0.490 e. The van der Waals surface area contributed by atoms with Crippen molar-refractivity contribution in [3.8, 4) is 28.4 Å². The summed E-state index contributed by atoms with van der Waals surface area (Å²) in [5.41, 5.74) is 3.95. The van der Waals surface area contributed by atoms with Crippen LogP contribution >= 0.6 is 0 Å². The molecule has 1 fully saturated rings. The molecule has 8 nitrogen and oxygen atoms in total. The lowest BCUT2D eigenvalue weighted by atomic mass is 9.92. The maximum Gasteiger partial charge on any atom is 0.337 e. The summed E-state index contributed by atoms with van der Waals surface area (Å²) < 4.78 is 12.2. The van der Waals surface area contributed by atoms with Crippen molar-refractivity contribution in [3.05, 3.63) is 144 Å². The van der Waals surface area contributed by atoms with Crippen LogP contribution in [-0.2, 0) is 11.2 Å². The molecule has 2 amide bonds. The predicted octanol–water partition coefficient (Wildman–Crippen LogP) is 8.15. The number of carbonyl (C=O) groups is 3. The Kier molecular flexibility index (Phi) is 10.1. The van der Waals surface area contributed by atoms with Crippen LogP contribution in [0, 0.1) is 0 Å². The molecule has 0 radical (unpaired) electrons. The van der Waals surface area contributed by atoms with Crippen LogP contribution < -0.4 is 20.1 Å². The zero-order valence-electron chi connectivity index (χ0n) is 26.3. The number of hydrogen-bond donors (Lipinski definition) is 3. The standard InChI is InChI=1S/C40H36N2O6/c43-38(42-37-9-5-4-8-36(37)40(45)46)26-27-10-18-32(19-11-27)47-34-22-24-35(25-23-34)48-33-20-16-31(17-21-33)41-39(44)30-14-12-29(13-15-30)28-6-2-1-3-7-28/h1-15,18-19,22-25,31,33H,16-17,20-21,26H2,(H,41,44)(H,42,43)(H,45,46). The average molecular weight is 641 g/mol. The lowest BCUT2D eigenvalue weighted by Crippen LogP contribution is -2.39. The molecular formula is C40H36N2O6. The summed E-state index contributed by atoms with van der Waals surface area (Å²) in [4.78, 5) is 36.7. The maximum atomic E-state index is 12.9. The Morgan fingerprint density at radius 2 is 1.23 bits per heavy atom. The molecule has 3 N–H and O–H groups in total. The number of carboxylic acids is 1. The second-order valence-corrected chi connectivity index (χ2v) is 11.8. The smallest absolute Gasteiger partial charge is 0.337 e. The number of amides is 2. The fourth-order valence-corrected chi connectivity index (χ4v) is 5.79. The van der Waals surface area contributed by atoms with Gasteiger partial charge in [0.25, 0.3) is 5.91 Å². The Bertz CT molecular complexity index is 1850. The van der Waals surface area contributed by atoms with Crippen LogP contribution in [0.1, 0.15) is 52.0 Å². The van der Waals surface area contributed by atoms with Gasteiger partial charge in [0, 0.05) is 11.6 Å². The van der Waals surface area contributed by atoms with Gasteiger partial charge in [-0.1, -0.05) is 66.7 Å². The number of para-hydroxylation sites is 1. The van der Waals surface area contributed by atoms with E-state index in [4.69, 9.17) is 9.47 Å². The molecule has 5 aromatic carbocycles. The van der Waals surface area contributed by atoms with Gasteiger partial charge in [-0.2, -0.15) is 0 Å². The first-order valence-electron chi connectivity index (χ1n) is 16.0. The summed E-state index contributed by atoms with van der Waals surface area (Å²) in [5, 5.41) is 15.2. The Morgan fingerprint density at radius 1 is 0.646 bits per heavy atom. The summed E-state index contributed by atoms with van der Waals surface area (Å²) >= 11 is 0. The molecule has 48 heavy (non-hydrogen) atoms. The highest BCUT2D eigenvalue weighted by Crippen LogP contribution is 2.28. The Labute approximate surface area is 279 Å². The summed E-state index contributed by atoms with van der Waals surface area (Å²) in [6, 6.07) is 38.9. The van der Waals surface area contributed by atoms with Crippen LogP contribution in [0.15, 0.2) is 127 Å². The summed E-state index contributed by atoms with van der Waals surface area (Å²) in [6.45, 7) is 0. The van der Waals surface area contributed by atoms with Crippen LogP contribution in [0.2, 0.25) is 0 Å². The van der Waals surface area contributed by atoms with E-state index in [-0.39, 0.29) is 41.6 Å². The minimum atomic E-state index is -1.10. The van der Waals surface area contributed by atoms with Crippen LogP contribution in [0.25, 0.3) is 11.1 Å². The number of rotatable bonds is 11. The molecule has 5 aromatic rings. The maximum absolute atomic E-state index is 12.9. The van der Waals surface area contributed by atoms with Gasteiger partial charge < -0.3 is 25.2 Å². The normalized spacial score (nSPS) is 15.6. The Morgan fingerprint density at radius 3 is 1.90 bits per heavy atom. The van der Waals surface area contributed by atoms with Crippen molar-refractivity contribution in [2.75, 3.05) is 5.32 Å². The fraction of sp³-hybridized carbons (Fsp3) is 0.175. The monoisotopic (exact) mass is 640 g/mol. The second kappa shape index (κ2) is 15.1. The van der Waals surface area contributed by atoms with Crippen molar-refractivity contribution < 1.29 is 29.0 Å². The third kappa shape index (κ3) is 8.47. The predicted molar refractivity (Wildman–Crippen MR) is 185 cm³/mol. The first-order chi connectivity index (χ1) is 23.4. The van der Waals surface area contributed by atoms with Crippen molar-refractivity contribution in [1.29, 1.82) is 0 Å². The number of benzene rings is 5. The number of ether oxygens (including phenoxy) is 2. The minimum absolute atomic E-state index is 0.0427. The van der Waals surface area contributed by atoms with E-state index in [0.717, 1.165) is 48.1 Å². The van der Waals surface area contributed by atoms with Crippen molar-refractivity contribution in [1.82, 2.24) is 5.32 Å². The number of anilines is 1. The van der Waals surface area contributed by atoms with E-state index < -0.39 is 5.97 Å². The molecule has 0 spiro atoms. The molecular weight excluding hydrogens is 604 g/mol. The molecule has 242 valence electrons. The zero-order valence-corrected chi connectivity index (χ0v) is 26.3. The molecule has 1 aliphatic rings. The first kappa shape index (κ1) is 32.1. The van der Waals surface area contributed by atoms with Crippen molar-refractivity contribution in [3.63, 3.8) is 0 Å². The lowest BCUT2D eigenvalue weighted by Gasteiger charge is -2.29. The summed E-state index contributed by atoms with van der Waals surface area (Å²) in [7, 11) is 0. The lowest BCUT2D eigenvalue weighted by molar-refractivity contribution is -0.115. The van der Waals surface area contributed by atoms with Crippen molar-refractivity contribution >= 4 is 23.5 Å². The molecule has 0 aliphatic heterocycles. The third-order valence-corrected chi connectivity index (χ3v) is 8.35. The molecule has 0 unspecified atom stereocenters. The fourth-order valence-electron chi connectivity index (χ4n) is 5.79. The molecule has 0 saturated heterocycles. The molecule has 0 heterocycles. The third-order valence-electron chi connectivity index (χ3n) is 8.35. The van der Waals surface area contributed by atoms with Gasteiger partial charge in [0.2, 0.25) is 5.91 Å². The van der Waals surface area contributed by atoms with Gasteiger partial charge in [-0.15, -0.1) is 0 Å². The van der Waals surface area contributed by atoms with E-state index in [9.17, 15) is 19.5 Å². The molecule has 6 rings (SSSR count). The Hall–Kier alpha value is -5.89. The van der Waals surface area contributed by atoms with E-state index in [1.165, 1.54) is 6.07 Å². The number of nitrogens with one attached hydrogen (secondary N) is 2. The van der Waals surface area contributed by atoms with Gasteiger partial charge in [-0.25, -0.2) is 4.79 Å². The Balaban J connectivity index is 0.928. The molecule has 1 saturated carbocycles. The summed E-state index contributed by atoms with van der Waals surface area (Å²) in [5.74, 6) is 0.584.